The van der Waals surface area contributed by atoms with Crippen LogP contribution in [-0.4, -0.2) is 21.3 Å². The predicted octanol–water partition coefficient (Wildman–Crippen LogP) is 4.12. The van der Waals surface area contributed by atoms with Gasteiger partial charge in [-0.05, 0) is 53.0 Å². The van der Waals surface area contributed by atoms with Gasteiger partial charge in [-0.1, -0.05) is 23.3 Å². The first-order valence-corrected chi connectivity index (χ1v) is 7.23. The number of aromatic carboxylic acids is 1. The van der Waals surface area contributed by atoms with Crippen LogP contribution in [0, 0.1) is 6.92 Å². The molecule has 0 amide bonds. The van der Waals surface area contributed by atoms with Crippen molar-refractivity contribution in [3.05, 3.63) is 45.6 Å². The minimum absolute atomic E-state index is 0.0185. The Labute approximate surface area is 131 Å². The van der Waals surface area contributed by atoms with Crippen LogP contribution in [0.3, 0.4) is 0 Å². The molecule has 4 nitrogen and oxygen atoms in total. The van der Waals surface area contributed by atoms with Crippen molar-refractivity contribution in [1.82, 2.24) is 0 Å². The summed E-state index contributed by atoms with van der Waals surface area (Å²) in [6, 6.07) is 0. The maximum absolute atomic E-state index is 11.5. The highest BCUT2D eigenvalue weighted by molar-refractivity contribution is 5.94. The van der Waals surface area contributed by atoms with Gasteiger partial charge in [-0.3, -0.25) is 0 Å². The zero-order valence-electron chi connectivity index (χ0n) is 13.8. The largest absolute Gasteiger partial charge is 0.507 e. The van der Waals surface area contributed by atoms with Gasteiger partial charge in [0.05, 0.1) is 0 Å². The van der Waals surface area contributed by atoms with Crippen molar-refractivity contribution < 1.29 is 20.1 Å². The van der Waals surface area contributed by atoms with Crippen molar-refractivity contribution in [3.63, 3.8) is 0 Å². The van der Waals surface area contributed by atoms with Crippen LogP contribution in [0.2, 0.25) is 0 Å². The SMILES string of the molecule is CC(C)=CCc1c(C)c(C(=O)O)c(O)c(CC=C(C)C)c1O. The average molecular weight is 304 g/mol. The third-order valence-electron chi connectivity index (χ3n) is 3.56. The number of hydrogen-bond acceptors (Lipinski definition) is 3. The molecule has 0 unspecified atom stereocenters. The van der Waals surface area contributed by atoms with Gasteiger partial charge in [0.1, 0.15) is 17.1 Å². The van der Waals surface area contributed by atoms with Gasteiger partial charge in [0, 0.05) is 11.1 Å². The Balaban J connectivity index is 3.59. The molecule has 0 spiro atoms. The van der Waals surface area contributed by atoms with Crippen molar-refractivity contribution in [3.8, 4) is 11.5 Å². The van der Waals surface area contributed by atoms with E-state index < -0.39 is 5.97 Å². The number of aromatic hydroxyl groups is 2. The van der Waals surface area contributed by atoms with E-state index in [4.69, 9.17) is 0 Å². The second-order valence-electron chi connectivity index (χ2n) is 5.93. The van der Waals surface area contributed by atoms with E-state index in [0.29, 0.717) is 24.0 Å². The summed E-state index contributed by atoms with van der Waals surface area (Å²) in [6.45, 7) is 9.31. The predicted molar refractivity (Wildman–Crippen MR) is 87.7 cm³/mol. The fourth-order valence-electron chi connectivity index (χ4n) is 2.27. The van der Waals surface area contributed by atoms with E-state index in [1.807, 2.05) is 39.8 Å². The molecule has 22 heavy (non-hydrogen) atoms. The van der Waals surface area contributed by atoms with E-state index in [1.54, 1.807) is 6.92 Å². The Morgan fingerprint density at radius 1 is 0.909 bits per heavy atom. The number of carbonyl (C=O) groups is 1. The number of allylic oxidation sites excluding steroid dienone is 4. The molecule has 0 aliphatic rings. The lowest BCUT2D eigenvalue weighted by Crippen LogP contribution is -2.07. The van der Waals surface area contributed by atoms with Crippen LogP contribution >= 0.6 is 0 Å². The molecule has 0 fully saturated rings. The number of phenolic OH excluding ortho intramolecular Hbond substituents is 1. The first kappa shape index (κ1) is 17.8. The van der Waals surface area contributed by atoms with E-state index in [0.717, 1.165) is 11.1 Å². The maximum atomic E-state index is 11.5. The Hall–Kier alpha value is -2.23. The van der Waals surface area contributed by atoms with Crippen molar-refractivity contribution in [1.29, 1.82) is 0 Å². The summed E-state index contributed by atoms with van der Waals surface area (Å²) < 4.78 is 0. The van der Waals surface area contributed by atoms with Crippen LogP contribution in [0.25, 0.3) is 0 Å². The molecule has 1 aromatic rings. The van der Waals surface area contributed by atoms with E-state index in [9.17, 15) is 20.1 Å². The van der Waals surface area contributed by atoms with Gasteiger partial charge in [0.15, 0.2) is 0 Å². The molecule has 4 heteroatoms. The van der Waals surface area contributed by atoms with Crippen LogP contribution in [-0.2, 0) is 12.8 Å². The van der Waals surface area contributed by atoms with Crippen molar-refractivity contribution in [2.24, 2.45) is 0 Å². The molecule has 0 radical (unpaired) electrons. The lowest BCUT2D eigenvalue weighted by molar-refractivity contribution is 0.0692. The molecule has 3 N–H and O–H groups in total. The lowest BCUT2D eigenvalue weighted by atomic mass is 9.91. The number of carboxylic acid groups (broad SMARTS) is 1. The standard InChI is InChI=1S/C18H24O4/c1-10(2)6-8-13-12(5)15(18(21)22)17(20)14(16(13)19)9-7-11(3)4/h6-7,19-20H,8-9H2,1-5H3,(H,21,22). The monoisotopic (exact) mass is 304 g/mol. The van der Waals surface area contributed by atoms with Crippen LogP contribution < -0.4 is 0 Å². The molecule has 1 aromatic carbocycles. The second kappa shape index (κ2) is 7.16. The topological polar surface area (TPSA) is 77.8 Å². The minimum Gasteiger partial charge on any atom is -0.507 e. The zero-order valence-corrected chi connectivity index (χ0v) is 13.8. The Bertz CT molecular complexity index is 597. The van der Waals surface area contributed by atoms with Crippen molar-refractivity contribution in [2.75, 3.05) is 0 Å². The number of benzene rings is 1. The van der Waals surface area contributed by atoms with Gasteiger partial charge in [-0.25, -0.2) is 4.79 Å². The Morgan fingerprint density at radius 2 is 1.36 bits per heavy atom. The summed E-state index contributed by atoms with van der Waals surface area (Å²) in [5.74, 6) is -1.55. The van der Waals surface area contributed by atoms with E-state index in [-0.39, 0.29) is 22.6 Å². The number of phenols is 2. The highest BCUT2D eigenvalue weighted by atomic mass is 16.4. The molecule has 120 valence electrons. The van der Waals surface area contributed by atoms with Gasteiger partial charge < -0.3 is 15.3 Å². The zero-order chi connectivity index (χ0) is 17.0. The molecule has 0 aromatic heterocycles. The van der Waals surface area contributed by atoms with E-state index in [1.165, 1.54) is 0 Å². The van der Waals surface area contributed by atoms with Crippen LogP contribution in [0.15, 0.2) is 23.3 Å². The number of carboxylic acids is 1. The van der Waals surface area contributed by atoms with Gasteiger partial charge in [0.25, 0.3) is 0 Å². The summed E-state index contributed by atoms with van der Waals surface area (Å²) >= 11 is 0. The first-order valence-electron chi connectivity index (χ1n) is 7.23. The summed E-state index contributed by atoms with van der Waals surface area (Å²) in [4.78, 5) is 11.5. The number of rotatable bonds is 5. The third kappa shape index (κ3) is 3.91. The van der Waals surface area contributed by atoms with Crippen molar-refractivity contribution >= 4 is 5.97 Å². The lowest BCUT2D eigenvalue weighted by Gasteiger charge is -2.16. The molecule has 0 aliphatic carbocycles. The van der Waals surface area contributed by atoms with Gasteiger partial charge in [0.2, 0.25) is 0 Å². The minimum atomic E-state index is -1.19. The number of hydrogen-bond donors (Lipinski definition) is 3. The highest BCUT2D eigenvalue weighted by Crippen LogP contribution is 2.38. The van der Waals surface area contributed by atoms with Gasteiger partial charge in [-0.2, -0.15) is 0 Å². The molecule has 0 heterocycles. The quantitative estimate of drug-likeness (QED) is 0.715. The molecule has 0 atom stereocenters. The van der Waals surface area contributed by atoms with E-state index >= 15 is 0 Å². The van der Waals surface area contributed by atoms with Crippen LogP contribution in [0.1, 0.15) is 54.7 Å². The molecular formula is C18H24O4. The Morgan fingerprint density at radius 3 is 1.77 bits per heavy atom. The third-order valence-corrected chi connectivity index (χ3v) is 3.56. The van der Waals surface area contributed by atoms with Crippen molar-refractivity contribution in [2.45, 2.75) is 47.5 Å². The first-order chi connectivity index (χ1) is 10.2. The normalized spacial score (nSPS) is 10.2. The maximum Gasteiger partial charge on any atom is 0.339 e. The van der Waals surface area contributed by atoms with Crippen LogP contribution in [0.4, 0.5) is 0 Å². The summed E-state index contributed by atoms with van der Waals surface area (Å²) in [5, 5.41) is 30.1. The summed E-state index contributed by atoms with van der Waals surface area (Å²) in [6.07, 6.45) is 4.50. The molecule has 0 saturated heterocycles. The highest BCUT2D eigenvalue weighted by Gasteiger charge is 2.24. The average Bonchev–Trinajstić information content (AvgIpc) is 2.36. The fraction of sp³-hybridized carbons (Fsp3) is 0.389. The fourth-order valence-corrected chi connectivity index (χ4v) is 2.27. The van der Waals surface area contributed by atoms with E-state index in [2.05, 4.69) is 0 Å². The molecular weight excluding hydrogens is 280 g/mol. The molecule has 0 saturated carbocycles. The summed E-state index contributed by atoms with van der Waals surface area (Å²) in [7, 11) is 0. The molecule has 0 bridgehead atoms. The Kier molecular flexibility index (Phi) is 5.80. The molecule has 1 rings (SSSR count). The molecule has 0 aliphatic heterocycles. The van der Waals surface area contributed by atoms with Gasteiger partial charge in [-0.15, -0.1) is 0 Å². The van der Waals surface area contributed by atoms with Gasteiger partial charge >= 0.3 is 5.97 Å². The second-order valence-corrected chi connectivity index (χ2v) is 5.93. The smallest absolute Gasteiger partial charge is 0.339 e. The van der Waals surface area contributed by atoms with Crippen LogP contribution in [0.5, 0.6) is 11.5 Å². The summed E-state index contributed by atoms with van der Waals surface area (Å²) in [5.41, 5.74) is 3.19.